The molecule has 0 amide bonds. The SMILES string of the molecule is Cc1cnn(C)c1C1(CO)CC1. The topological polar surface area (TPSA) is 38.0 Å². The highest BCUT2D eigenvalue weighted by molar-refractivity contribution is 5.31. The summed E-state index contributed by atoms with van der Waals surface area (Å²) in [6.45, 7) is 2.31. The highest BCUT2D eigenvalue weighted by Crippen LogP contribution is 2.48. The van der Waals surface area contributed by atoms with Crippen molar-refractivity contribution < 1.29 is 5.11 Å². The first-order valence-corrected chi connectivity index (χ1v) is 4.29. The molecule has 0 aliphatic heterocycles. The number of hydrogen-bond acceptors (Lipinski definition) is 2. The number of aliphatic hydroxyl groups excluding tert-OH is 1. The average molecular weight is 166 g/mol. The van der Waals surface area contributed by atoms with E-state index in [2.05, 4.69) is 12.0 Å². The third kappa shape index (κ3) is 0.894. The quantitative estimate of drug-likeness (QED) is 0.704. The first-order valence-electron chi connectivity index (χ1n) is 4.29. The Bertz CT molecular complexity index is 280. The van der Waals surface area contributed by atoms with Gasteiger partial charge in [-0.25, -0.2) is 0 Å². The molecule has 1 aliphatic rings. The lowest BCUT2D eigenvalue weighted by atomic mass is 10.0. The molecule has 1 fully saturated rings. The number of hydrogen-bond donors (Lipinski definition) is 1. The molecule has 1 heterocycles. The highest BCUT2D eigenvalue weighted by atomic mass is 16.3. The van der Waals surface area contributed by atoms with Gasteiger partial charge in [-0.15, -0.1) is 0 Å². The van der Waals surface area contributed by atoms with Gasteiger partial charge in [-0.3, -0.25) is 4.68 Å². The van der Waals surface area contributed by atoms with E-state index in [1.54, 1.807) is 0 Å². The Hall–Kier alpha value is -0.830. The van der Waals surface area contributed by atoms with E-state index >= 15 is 0 Å². The molecular weight excluding hydrogens is 152 g/mol. The maximum Gasteiger partial charge on any atom is 0.0543 e. The minimum atomic E-state index is 0.0509. The third-order valence-electron chi connectivity index (χ3n) is 2.78. The van der Waals surface area contributed by atoms with Crippen LogP contribution in [-0.4, -0.2) is 21.5 Å². The molecule has 12 heavy (non-hydrogen) atoms. The maximum absolute atomic E-state index is 9.24. The number of nitrogens with zero attached hydrogens (tertiary/aromatic N) is 2. The zero-order valence-corrected chi connectivity index (χ0v) is 7.54. The summed E-state index contributed by atoms with van der Waals surface area (Å²) in [5.74, 6) is 0. The summed E-state index contributed by atoms with van der Waals surface area (Å²) in [6.07, 6.45) is 4.07. The van der Waals surface area contributed by atoms with Crippen LogP contribution < -0.4 is 0 Å². The van der Waals surface area contributed by atoms with Crippen molar-refractivity contribution in [2.75, 3.05) is 6.61 Å². The maximum atomic E-state index is 9.24. The number of aryl methyl sites for hydroxylation is 2. The third-order valence-corrected chi connectivity index (χ3v) is 2.78. The number of aromatic nitrogens is 2. The smallest absolute Gasteiger partial charge is 0.0543 e. The Kier molecular flexibility index (Phi) is 1.51. The fourth-order valence-corrected chi connectivity index (χ4v) is 1.93. The zero-order chi connectivity index (χ0) is 8.77. The molecule has 1 aromatic rings. The van der Waals surface area contributed by atoms with Gasteiger partial charge in [0.05, 0.1) is 12.8 Å². The largest absolute Gasteiger partial charge is 0.395 e. The van der Waals surface area contributed by atoms with Gasteiger partial charge in [-0.1, -0.05) is 0 Å². The van der Waals surface area contributed by atoms with Crippen molar-refractivity contribution in [3.63, 3.8) is 0 Å². The van der Waals surface area contributed by atoms with E-state index < -0.39 is 0 Å². The molecule has 1 N–H and O–H groups in total. The molecule has 3 nitrogen and oxygen atoms in total. The van der Waals surface area contributed by atoms with Gasteiger partial charge in [-0.05, 0) is 25.3 Å². The molecule has 0 aromatic carbocycles. The lowest BCUT2D eigenvalue weighted by Crippen LogP contribution is -2.17. The predicted molar refractivity (Wildman–Crippen MR) is 45.9 cm³/mol. The zero-order valence-electron chi connectivity index (χ0n) is 7.54. The monoisotopic (exact) mass is 166 g/mol. The van der Waals surface area contributed by atoms with Gasteiger partial charge in [0.25, 0.3) is 0 Å². The summed E-state index contributed by atoms with van der Waals surface area (Å²) in [5, 5.41) is 13.4. The summed E-state index contributed by atoms with van der Waals surface area (Å²) in [6, 6.07) is 0. The molecule has 0 spiro atoms. The summed E-state index contributed by atoms with van der Waals surface area (Å²) < 4.78 is 1.89. The van der Waals surface area contributed by atoms with Crippen molar-refractivity contribution in [3.8, 4) is 0 Å². The van der Waals surface area contributed by atoms with Crippen molar-refractivity contribution in [2.24, 2.45) is 7.05 Å². The van der Waals surface area contributed by atoms with E-state index in [9.17, 15) is 5.11 Å². The van der Waals surface area contributed by atoms with Crippen LogP contribution >= 0.6 is 0 Å². The molecule has 3 heteroatoms. The lowest BCUT2D eigenvalue weighted by molar-refractivity contribution is 0.249. The molecule has 1 saturated carbocycles. The van der Waals surface area contributed by atoms with E-state index in [4.69, 9.17) is 0 Å². The van der Waals surface area contributed by atoms with E-state index in [1.807, 2.05) is 17.9 Å². The van der Waals surface area contributed by atoms with Gasteiger partial charge in [0.1, 0.15) is 0 Å². The summed E-state index contributed by atoms with van der Waals surface area (Å²) in [5.41, 5.74) is 2.46. The van der Waals surface area contributed by atoms with Crippen LogP contribution in [0.25, 0.3) is 0 Å². The van der Waals surface area contributed by atoms with E-state index in [-0.39, 0.29) is 12.0 Å². The second-order valence-electron chi connectivity index (χ2n) is 3.74. The molecule has 66 valence electrons. The van der Waals surface area contributed by atoms with Crippen LogP contribution in [0.1, 0.15) is 24.1 Å². The Labute approximate surface area is 72.0 Å². The van der Waals surface area contributed by atoms with Gasteiger partial charge in [0, 0.05) is 18.2 Å². The molecule has 1 aromatic heterocycles. The predicted octanol–water partition coefficient (Wildman–Crippen LogP) is 0.752. The first-order chi connectivity index (χ1) is 5.69. The minimum absolute atomic E-state index is 0.0509. The fourth-order valence-electron chi connectivity index (χ4n) is 1.93. The van der Waals surface area contributed by atoms with E-state index in [1.165, 1.54) is 11.3 Å². The van der Waals surface area contributed by atoms with Crippen LogP contribution in [0, 0.1) is 6.92 Å². The van der Waals surface area contributed by atoms with E-state index in [0.29, 0.717) is 0 Å². The first kappa shape index (κ1) is 7.80. The molecule has 1 aliphatic carbocycles. The Morgan fingerprint density at radius 3 is 2.67 bits per heavy atom. The van der Waals surface area contributed by atoms with E-state index in [0.717, 1.165) is 12.8 Å². The van der Waals surface area contributed by atoms with Crippen LogP contribution in [0.3, 0.4) is 0 Å². The number of rotatable bonds is 2. The second-order valence-corrected chi connectivity index (χ2v) is 3.74. The Balaban J connectivity index is 2.45. The molecule has 0 atom stereocenters. The molecular formula is C9H14N2O. The Morgan fingerprint density at radius 2 is 2.33 bits per heavy atom. The van der Waals surface area contributed by atoms with Crippen molar-refractivity contribution in [1.29, 1.82) is 0 Å². The van der Waals surface area contributed by atoms with Crippen molar-refractivity contribution >= 4 is 0 Å². The lowest BCUT2D eigenvalue weighted by Gasteiger charge is -2.13. The number of aliphatic hydroxyl groups is 1. The highest BCUT2D eigenvalue weighted by Gasteiger charge is 2.46. The average Bonchev–Trinajstić information content (AvgIpc) is 2.77. The molecule has 0 radical (unpaired) electrons. The van der Waals surface area contributed by atoms with Crippen molar-refractivity contribution in [2.45, 2.75) is 25.2 Å². The molecule has 0 bridgehead atoms. The standard InChI is InChI=1S/C9H14N2O/c1-7-5-10-11(2)8(7)9(6-12)3-4-9/h5,12H,3-4,6H2,1-2H3. The van der Waals surface area contributed by atoms with Gasteiger partial charge in [0.15, 0.2) is 0 Å². The van der Waals surface area contributed by atoms with Crippen LogP contribution in [0.4, 0.5) is 0 Å². The molecule has 2 rings (SSSR count). The van der Waals surface area contributed by atoms with Crippen LogP contribution in [0.15, 0.2) is 6.20 Å². The van der Waals surface area contributed by atoms with Gasteiger partial charge < -0.3 is 5.11 Å². The van der Waals surface area contributed by atoms with Gasteiger partial charge in [-0.2, -0.15) is 5.10 Å². The normalized spacial score (nSPS) is 19.6. The van der Waals surface area contributed by atoms with Gasteiger partial charge in [0.2, 0.25) is 0 Å². The Morgan fingerprint density at radius 1 is 1.67 bits per heavy atom. The molecule has 0 unspecified atom stereocenters. The van der Waals surface area contributed by atoms with Crippen LogP contribution in [-0.2, 0) is 12.5 Å². The van der Waals surface area contributed by atoms with Crippen molar-refractivity contribution in [3.05, 3.63) is 17.5 Å². The molecule has 0 saturated heterocycles. The second kappa shape index (κ2) is 2.33. The summed E-state index contributed by atoms with van der Waals surface area (Å²) in [7, 11) is 1.94. The van der Waals surface area contributed by atoms with Crippen LogP contribution in [0.5, 0.6) is 0 Å². The fraction of sp³-hybridized carbons (Fsp3) is 0.667. The summed E-state index contributed by atoms with van der Waals surface area (Å²) in [4.78, 5) is 0. The van der Waals surface area contributed by atoms with Gasteiger partial charge >= 0.3 is 0 Å². The van der Waals surface area contributed by atoms with Crippen molar-refractivity contribution in [1.82, 2.24) is 9.78 Å². The summed E-state index contributed by atoms with van der Waals surface area (Å²) >= 11 is 0. The van der Waals surface area contributed by atoms with Crippen LogP contribution in [0.2, 0.25) is 0 Å². The minimum Gasteiger partial charge on any atom is -0.395 e.